The maximum Gasteiger partial charge on any atom is 0.100 e. The smallest absolute Gasteiger partial charge is 0.100 e. The van der Waals surface area contributed by atoms with Gasteiger partial charge in [-0.1, -0.05) is 24.3 Å². The molecule has 0 amide bonds. The molecule has 1 unspecified atom stereocenters. The summed E-state index contributed by atoms with van der Waals surface area (Å²) < 4.78 is 0. The van der Waals surface area contributed by atoms with Gasteiger partial charge in [0.1, 0.15) is 6.07 Å². The molecular formula is C17H18N2OS. The molecule has 3 rings (SSSR count). The molecule has 1 aliphatic carbocycles. The number of hydrogen-bond donors (Lipinski definition) is 1. The molecule has 1 heterocycles. The van der Waals surface area contributed by atoms with Crippen LogP contribution in [0.3, 0.4) is 0 Å². The van der Waals surface area contributed by atoms with Crippen LogP contribution in [0.25, 0.3) is 0 Å². The molecule has 0 saturated heterocycles. The molecule has 1 aliphatic rings. The molecule has 3 nitrogen and oxygen atoms in total. The highest BCUT2D eigenvalue weighted by molar-refractivity contribution is 7.10. The largest absolute Gasteiger partial charge is 0.395 e. The van der Waals surface area contributed by atoms with E-state index in [1.165, 1.54) is 16.0 Å². The number of nitrogens with zero attached hydrogens (tertiary/aromatic N) is 2. The van der Waals surface area contributed by atoms with Crippen molar-refractivity contribution in [3.05, 3.63) is 57.3 Å². The van der Waals surface area contributed by atoms with Gasteiger partial charge in [0.25, 0.3) is 0 Å². The summed E-state index contributed by atoms with van der Waals surface area (Å²) >= 11 is 1.62. The number of thiophene rings is 1. The van der Waals surface area contributed by atoms with Crippen molar-refractivity contribution >= 4 is 11.3 Å². The molecule has 21 heavy (non-hydrogen) atoms. The van der Waals surface area contributed by atoms with E-state index in [1.807, 2.05) is 11.4 Å². The highest BCUT2D eigenvalue weighted by Gasteiger charge is 2.27. The van der Waals surface area contributed by atoms with Gasteiger partial charge in [-0.25, -0.2) is 0 Å². The van der Waals surface area contributed by atoms with E-state index in [0.29, 0.717) is 12.6 Å². The summed E-state index contributed by atoms with van der Waals surface area (Å²) in [5, 5.41) is 20.2. The van der Waals surface area contributed by atoms with E-state index in [4.69, 9.17) is 5.26 Å². The van der Waals surface area contributed by atoms with Crippen LogP contribution in [-0.2, 0) is 13.0 Å². The lowest BCUT2D eigenvalue weighted by Gasteiger charge is -2.28. The first-order valence-electron chi connectivity index (χ1n) is 7.22. The minimum absolute atomic E-state index is 0.162. The molecule has 0 aliphatic heterocycles. The molecule has 0 bridgehead atoms. The number of nitriles is 1. The Morgan fingerprint density at radius 3 is 3.00 bits per heavy atom. The van der Waals surface area contributed by atoms with Gasteiger partial charge in [-0.15, -0.1) is 11.3 Å². The second-order valence-electron chi connectivity index (χ2n) is 5.36. The average molecular weight is 298 g/mol. The number of rotatable bonds is 5. The molecule has 0 fully saturated rings. The Morgan fingerprint density at radius 2 is 2.24 bits per heavy atom. The SMILES string of the molecule is N#Cc1csc(CN(CCO)C2CCc3ccccc32)c1. The van der Waals surface area contributed by atoms with Crippen molar-refractivity contribution in [3.8, 4) is 6.07 Å². The average Bonchev–Trinajstić information content (AvgIpc) is 3.13. The van der Waals surface area contributed by atoms with Crippen molar-refractivity contribution in [3.63, 3.8) is 0 Å². The van der Waals surface area contributed by atoms with Gasteiger partial charge in [-0.05, 0) is 30.0 Å². The van der Waals surface area contributed by atoms with Crippen molar-refractivity contribution in [2.24, 2.45) is 0 Å². The van der Waals surface area contributed by atoms with Crippen LogP contribution >= 0.6 is 11.3 Å². The van der Waals surface area contributed by atoms with Crippen LogP contribution in [0.5, 0.6) is 0 Å². The first-order valence-corrected chi connectivity index (χ1v) is 8.10. The van der Waals surface area contributed by atoms with E-state index < -0.39 is 0 Å². The van der Waals surface area contributed by atoms with E-state index >= 15 is 0 Å². The third-order valence-corrected chi connectivity index (χ3v) is 4.99. The zero-order chi connectivity index (χ0) is 14.7. The number of fused-ring (bicyclic) bond motifs is 1. The third-order valence-electron chi connectivity index (χ3n) is 4.07. The van der Waals surface area contributed by atoms with Gasteiger partial charge < -0.3 is 5.11 Å². The molecule has 2 aromatic rings. The summed E-state index contributed by atoms with van der Waals surface area (Å²) in [5.41, 5.74) is 3.54. The first kappa shape index (κ1) is 14.3. The van der Waals surface area contributed by atoms with Crippen molar-refractivity contribution in [1.29, 1.82) is 5.26 Å². The second kappa shape index (κ2) is 6.40. The standard InChI is InChI=1S/C17H18N2OS/c18-10-13-9-15(21-12-13)11-19(7-8-20)17-6-5-14-3-1-2-4-16(14)17/h1-4,9,12,17,20H,5-8,11H2. The van der Waals surface area contributed by atoms with E-state index in [9.17, 15) is 5.11 Å². The minimum Gasteiger partial charge on any atom is -0.395 e. The Labute approximate surface area is 129 Å². The van der Waals surface area contributed by atoms with Crippen molar-refractivity contribution in [2.75, 3.05) is 13.2 Å². The number of aliphatic hydroxyl groups is 1. The van der Waals surface area contributed by atoms with Gasteiger partial charge in [-0.2, -0.15) is 5.26 Å². The first-order chi connectivity index (χ1) is 10.3. The Morgan fingerprint density at radius 1 is 1.38 bits per heavy atom. The Balaban J connectivity index is 1.81. The van der Waals surface area contributed by atoms with E-state index in [2.05, 4.69) is 35.2 Å². The Hall–Kier alpha value is -1.67. The molecule has 1 N–H and O–H groups in total. The molecule has 1 aromatic carbocycles. The summed E-state index contributed by atoms with van der Waals surface area (Å²) in [5.74, 6) is 0. The van der Waals surface area contributed by atoms with Gasteiger partial charge >= 0.3 is 0 Å². The summed E-state index contributed by atoms with van der Waals surface area (Å²) in [6.07, 6.45) is 2.21. The Bertz CT molecular complexity index is 659. The third kappa shape index (κ3) is 3.01. The van der Waals surface area contributed by atoms with Gasteiger partial charge in [0, 0.05) is 29.4 Å². The normalized spacial score (nSPS) is 16.9. The molecule has 4 heteroatoms. The van der Waals surface area contributed by atoms with Crippen LogP contribution in [0.2, 0.25) is 0 Å². The lowest BCUT2D eigenvalue weighted by Crippen LogP contribution is -2.29. The maximum atomic E-state index is 9.38. The monoisotopic (exact) mass is 298 g/mol. The van der Waals surface area contributed by atoms with E-state index in [-0.39, 0.29) is 6.61 Å². The van der Waals surface area contributed by atoms with Crippen LogP contribution in [0.4, 0.5) is 0 Å². The number of aliphatic hydroxyl groups excluding tert-OH is 1. The number of hydrogen-bond acceptors (Lipinski definition) is 4. The predicted octanol–water partition coefficient (Wildman–Crippen LogP) is 3.10. The molecular weight excluding hydrogens is 280 g/mol. The highest BCUT2D eigenvalue weighted by atomic mass is 32.1. The number of aryl methyl sites for hydroxylation is 1. The molecule has 0 saturated carbocycles. The van der Waals surface area contributed by atoms with Crippen LogP contribution in [0, 0.1) is 11.3 Å². The van der Waals surface area contributed by atoms with Crippen LogP contribution < -0.4 is 0 Å². The fourth-order valence-corrected chi connectivity index (χ4v) is 3.94. The maximum absolute atomic E-state index is 9.38. The molecule has 0 spiro atoms. The topological polar surface area (TPSA) is 47.3 Å². The quantitative estimate of drug-likeness (QED) is 0.922. The molecule has 1 aromatic heterocycles. The fraction of sp³-hybridized carbons (Fsp3) is 0.353. The predicted molar refractivity (Wildman–Crippen MR) is 84.0 cm³/mol. The van der Waals surface area contributed by atoms with Crippen molar-refractivity contribution < 1.29 is 5.11 Å². The molecule has 108 valence electrons. The molecule has 1 atom stereocenters. The van der Waals surface area contributed by atoms with Crippen LogP contribution in [0.15, 0.2) is 35.7 Å². The van der Waals surface area contributed by atoms with Crippen molar-refractivity contribution in [2.45, 2.75) is 25.4 Å². The second-order valence-corrected chi connectivity index (χ2v) is 6.36. The van der Waals surface area contributed by atoms with Gasteiger partial charge in [0.2, 0.25) is 0 Å². The summed E-state index contributed by atoms with van der Waals surface area (Å²) in [4.78, 5) is 3.52. The molecule has 0 radical (unpaired) electrons. The van der Waals surface area contributed by atoms with Gasteiger partial charge in [0.05, 0.1) is 12.2 Å². The zero-order valence-corrected chi connectivity index (χ0v) is 12.6. The van der Waals surface area contributed by atoms with Crippen molar-refractivity contribution in [1.82, 2.24) is 4.90 Å². The van der Waals surface area contributed by atoms with Gasteiger partial charge in [-0.3, -0.25) is 4.90 Å². The highest BCUT2D eigenvalue weighted by Crippen LogP contribution is 2.36. The Kier molecular flexibility index (Phi) is 4.35. The summed E-state index contributed by atoms with van der Waals surface area (Å²) in [7, 11) is 0. The van der Waals surface area contributed by atoms with Crippen LogP contribution in [-0.4, -0.2) is 23.2 Å². The number of benzene rings is 1. The van der Waals surface area contributed by atoms with E-state index in [0.717, 1.165) is 24.9 Å². The zero-order valence-electron chi connectivity index (χ0n) is 11.8. The summed E-state index contributed by atoms with van der Waals surface area (Å²) in [6.45, 7) is 1.62. The lowest BCUT2D eigenvalue weighted by atomic mass is 10.1. The summed E-state index contributed by atoms with van der Waals surface area (Å²) in [6, 6.07) is 13.1. The lowest BCUT2D eigenvalue weighted by molar-refractivity contribution is 0.144. The van der Waals surface area contributed by atoms with E-state index in [1.54, 1.807) is 11.3 Å². The van der Waals surface area contributed by atoms with Crippen LogP contribution in [0.1, 0.15) is 34.0 Å². The minimum atomic E-state index is 0.162. The fourth-order valence-electron chi connectivity index (χ4n) is 3.11. The van der Waals surface area contributed by atoms with Gasteiger partial charge in [0.15, 0.2) is 0 Å².